The predicted molar refractivity (Wildman–Crippen MR) is 210 cm³/mol. The Morgan fingerprint density at radius 3 is 1.52 bits per heavy atom. The van der Waals surface area contributed by atoms with Crippen LogP contribution in [0.25, 0.3) is 110 Å². The molecule has 0 radical (unpaired) electrons. The molecule has 0 spiro atoms. The summed E-state index contributed by atoms with van der Waals surface area (Å²) in [7, 11) is 0. The Labute approximate surface area is 287 Å². The lowest BCUT2D eigenvalue weighted by molar-refractivity contribution is 0.670. The molecular formula is C48H28O2. The molecule has 50 heavy (non-hydrogen) atoms. The van der Waals surface area contributed by atoms with Crippen molar-refractivity contribution in [3.8, 4) is 33.4 Å². The molecule has 0 bridgehead atoms. The van der Waals surface area contributed by atoms with E-state index in [-0.39, 0.29) is 0 Å². The SMILES string of the molecule is c1ccc2c(c1)ccc1c3ccc(-c4c5ccccc5c(-c5ccc(-c6cccc7c6oc6ccccc67)cc5)c5ccccc45)cc3oc21. The highest BCUT2D eigenvalue weighted by atomic mass is 16.3. The topological polar surface area (TPSA) is 26.3 Å². The number of para-hydroxylation sites is 2. The molecule has 0 aliphatic rings. The van der Waals surface area contributed by atoms with Crippen LogP contribution in [0.4, 0.5) is 0 Å². The predicted octanol–water partition coefficient (Wildman–Crippen LogP) is 13.9. The summed E-state index contributed by atoms with van der Waals surface area (Å²) in [6.45, 7) is 0. The average Bonchev–Trinajstić information content (AvgIpc) is 3.75. The van der Waals surface area contributed by atoms with Crippen LogP contribution in [0.1, 0.15) is 0 Å². The summed E-state index contributed by atoms with van der Waals surface area (Å²) in [5.41, 5.74) is 10.7. The van der Waals surface area contributed by atoms with Crippen LogP contribution < -0.4 is 0 Å². The molecule has 2 aromatic heterocycles. The van der Waals surface area contributed by atoms with Crippen molar-refractivity contribution in [2.75, 3.05) is 0 Å². The Morgan fingerprint density at radius 2 is 0.780 bits per heavy atom. The average molecular weight is 637 g/mol. The van der Waals surface area contributed by atoms with Gasteiger partial charge in [-0.3, -0.25) is 0 Å². The summed E-state index contributed by atoms with van der Waals surface area (Å²) in [5.74, 6) is 0. The van der Waals surface area contributed by atoms with Crippen molar-refractivity contribution < 1.29 is 8.83 Å². The molecule has 0 saturated heterocycles. The van der Waals surface area contributed by atoms with E-state index < -0.39 is 0 Å². The smallest absolute Gasteiger partial charge is 0.143 e. The molecule has 232 valence electrons. The second-order valence-electron chi connectivity index (χ2n) is 13.2. The molecule has 2 heterocycles. The maximum absolute atomic E-state index is 6.63. The van der Waals surface area contributed by atoms with Crippen molar-refractivity contribution in [1.29, 1.82) is 0 Å². The number of rotatable bonds is 3. The number of hydrogen-bond acceptors (Lipinski definition) is 2. The van der Waals surface area contributed by atoms with E-state index in [2.05, 4.69) is 158 Å². The van der Waals surface area contributed by atoms with Crippen molar-refractivity contribution in [3.63, 3.8) is 0 Å². The van der Waals surface area contributed by atoms with Gasteiger partial charge in [0.05, 0.1) is 0 Å². The molecule has 11 rings (SSSR count). The van der Waals surface area contributed by atoms with Crippen molar-refractivity contribution in [2.24, 2.45) is 0 Å². The van der Waals surface area contributed by atoms with Crippen LogP contribution in [0.2, 0.25) is 0 Å². The minimum atomic E-state index is 0.904. The Bertz CT molecular complexity index is 3080. The second kappa shape index (κ2) is 10.4. The van der Waals surface area contributed by atoms with Crippen LogP contribution in [0.5, 0.6) is 0 Å². The number of fused-ring (bicyclic) bond motifs is 10. The molecule has 0 fully saturated rings. The van der Waals surface area contributed by atoms with E-state index in [1.807, 2.05) is 12.1 Å². The van der Waals surface area contributed by atoms with Gasteiger partial charge in [0.1, 0.15) is 22.3 Å². The first kappa shape index (κ1) is 27.3. The molecule has 0 saturated carbocycles. The maximum Gasteiger partial charge on any atom is 0.143 e. The highest BCUT2D eigenvalue weighted by Gasteiger charge is 2.19. The minimum absolute atomic E-state index is 0.904. The van der Waals surface area contributed by atoms with Crippen molar-refractivity contribution >= 4 is 76.2 Å². The van der Waals surface area contributed by atoms with E-state index in [1.165, 1.54) is 43.6 Å². The Balaban J connectivity index is 1.10. The van der Waals surface area contributed by atoms with Gasteiger partial charge in [-0.15, -0.1) is 0 Å². The van der Waals surface area contributed by atoms with Gasteiger partial charge < -0.3 is 8.83 Å². The fourth-order valence-corrected chi connectivity index (χ4v) is 8.20. The first-order valence-electron chi connectivity index (χ1n) is 17.1. The molecule has 2 heteroatoms. The molecule has 2 nitrogen and oxygen atoms in total. The van der Waals surface area contributed by atoms with Gasteiger partial charge >= 0.3 is 0 Å². The van der Waals surface area contributed by atoms with Gasteiger partial charge in [0.2, 0.25) is 0 Å². The molecular weight excluding hydrogens is 609 g/mol. The molecule has 0 atom stereocenters. The van der Waals surface area contributed by atoms with E-state index in [1.54, 1.807) is 0 Å². The molecule has 9 aromatic carbocycles. The molecule has 0 N–H and O–H groups in total. The molecule has 0 aliphatic carbocycles. The summed E-state index contributed by atoms with van der Waals surface area (Å²) in [4.78, 5) is 0. The summed E-state index contributed by atoms with van der Waals surface area (Å²) in [5, 5.41) is 11.8. The number of hydrogen-bond donors (Lipinski definition) is 0. The molecule has 0 aliphatic heterocycles. The van der Waals surface area contributed by atoms with Gasteiger partial charge in [0.25, 0.3) is 0 Å². The van der Waals surface area contributed by atoms with Crippen molar-refractivity contribution in [1.82, 2.24) is 0 Å². The van der Waals surface area contributed by atoms with E-state index in [4.69, 9.17) is 8.83 Å². The van der Waals surface area contributed by atoms with Gasteiger partial charge in [0, 0.05) is 32.5 Å². The largest absolute Gasteiger partial charge is 0.455 e. The summed E-state index contributed by atoms with van der Waals surface area (Å²) >= 11 is 0. The van der Waals surface area contributed by atoms with Gasteiger partial charge in [0.15, 0.2) is 0 Å². The van der Waals surface area contributed by atoms with Crippen LogP contribution in [0, 0.1) is 0 Å². The molecule has 11 aromatic rings. The standard InChI is InChI=1S/C48H28O2/c1-2-11-33-29(10-1)24-27-42-36-26-25-32(28-44(36)50-48(33)42)46-39-15-5-3-13-37(39)45(38-14-4-6-16-40(38)46)31-22-20-30(21-23-31)34-17-9-18-41-35-12-7-8-19-43(35)49-47(34)41/h1-28H. The van der Waals surface area contributed by atoms with E-state index >= 15 is 0 Å². The van der Waals surface area contributed by atoms with E-state index in [0.717, 1.165) is 66.0 Å². The zero-order chi connectivity index (χ0) is 32.8. The van der Waals surface area contributed by atoms with Crippen molar-refractivity contribution in [2.45, 2.75) is 0 Å². The van der Waals surface area contributed by atoms with E-state index in [9.17, 15) is 0 Å². The number of benzene rings is 9. The van der Waals surface area contributed by atoms with Crippen LogP contribution in [0.15, 0.2) is 179 Å². The van der Waals surface area contributed by atoms with Gasteiger partial charge in [-0.1, -0.05) is 146 Å². The third-order valence-corrected chi connectivity index (χ3v) is 10.5. The van der Waals surface area contributed by atoms with Crippen LogP contribution in [-0.2, 0) is 0 Å². The lowest BCUT2D eigenvalue weighted by Gasteiger charge is -2.18. The highest BCUT2D eigenvalue weighted by molar-refractivity contribution is 6.22. The van der Waals surface area contributed by atoms with Crippen LogP contribution in [-0.4, -0.2) is 0 Å². The highest BCUT2D eigenvalue weighted by Crippen LogP contribution is 2.45. The summed E-state index contributed by atoms with van der Waals surface area (Å²) < 4.78 is 13.0. The Kier molecular flexibility index (Phi) is 5.70. The summed E-state index contributed by atoms with van der Waals surface area (Å²) in [6, 6.07) is 60.8. The van der Waals surface area contributed by atoms with Gasteiger partial charge in [-0.25, -0.2) is 0 Å². The Morgan fingerprint density at radius 1 is 0.280 bits per heavy atom. The van der Waals surface area contributed by atoms with E-state index in [0.29, 0.717) is 0 Å². The maximum atomic E-state index is 6.63. The van der Waals surface area contributed by atoms with Crippen LogP contribution >= 0.6 is 0 Å². The fraction of sp³-hybridized carbons (Fsp3) is 0. The fourth-order valence-electron chi connectivity index (χ4n) is 8.20. The third-order valence-electron chi connectivity index (χ3n) is 10.5. The lowest BCUT2D eigenvalue weighted by Crippen LogP contribution is -1.91. The summed E-state index contributed by atoms with van der Waals surface area (Å²) in [6.07, 6.45) is 0. The first-order chi connectivity index (χ1) is 24.8. The van der Waals surface area contributed by atoms with Gasteiger partial charge in [-0.2, -0.15) is 0 Å². The normalized spacial score (nSPS) is 12.0. The minimum Gasteiger partial charge on any atom is -0.455 e. The molecule has 0 amide bonds. The zero-order valence-corrected chi connectivity index (χ0v) is 27.0. The Hall–Kier alpha value is -6.64. The third kappa shape index (κ3) is 3.90. The second-order valence-corrected chi connectivity index (χ2v) is 13.2. The quantitative estimate of drug-likeness (QED) is 0.180. The lowest BCUT2D eigenvalue weighted by atomic mass is 9.85. The monoisotopic (exact) mass is 636 g/mol. The van der Waals surface area contributed by atoms with Crippen molar-refractivity contribution in [3.05, 3.63) is 170 Å². The van der Waals surface area contributed by atoms with Crippen LogP contribution in [0.3, 0.4) is 0 Å². The first-order valence-corrected chi connectivity index (χ1v) is 17.1. The van der Waals surface area contributed by atoms with Gasteiger partial charge in [-0.05, 0) is 79.0 Å². The number of furan rings is 2. The zero-order valence-electron chi connectivity index (χ0n) is 27.0. The molecule has 0 unspecified atom stereocenters.